The van der Waals surface area contributed by atoms with Crippen LogP contribution in [0.15, 0.2) is 42.9 Å². The fraction of sp³-hybridized carbons (Fsp3) is 0.412. The molecule has 1 aromatic carbocycles. The van der Waals surface area contributed by atoms with Crippen LogP contribution in [-0.2, 0) is 4.74 Å². The first-order valence-corrected chi connectivity index (χ1v) is 7.45. The maximum Gasteiger partial charge on any atom is 0.356 e. The number of nitrogens with zero attached hydrogens (tertiary/aromatic N) is 2. The van der Waals surface area contributed by atoms with Crippen LogP contribution in [0.3, 0.4) is 0 Å². The minimum atomic E-state index is -0.302. The molecule has 4 heteroatoms. The van der Waals surface area contributed by atoms with E-state index < -0.39 is 0 Å². The number of rotatable bonds is 6. The average molecular weight is 286 g/mol. The number of carbonyl (C=O) groups excluding carboxylic acids is 1. The predicted octanol–water partition coefficient (Wildman–Crippen LogP) is 3.84. The van der Waals surface area contributed by atoms with Crippen LogP contribution >= 0.6 is 0 Å². The van der Waals surface area contributed by atoms with Crippen LogP contribution in [0, 0.1) is 0 Å². The zero-order valence-corrected chi connectivity index (χ0v) is 12.8. The quantitative estimate of drug-likeness (QED) is 0.758. The molecule has 0 fully saturated rings. The van der Waals surface area contributed by atoms with Crippen molar-refractivity contribution < 1.29 is 9.53 Å². The fourth-order valence-electron chi connectivity index (χ4n) is 2.33. The van der Waals surface area contributed by atoms with Gasteiger partial charge in [-0.1, -0.05) is 44.2 Å². The molecule has 4 nitrogen and oxygen atoms in total. The highest BCUT2D eigenvalue weighted by atomic mass is 16.5. The average Bonchev–Trinajstić information content (AvgIpc) is 3.02. The molecule has 1 heterocycles. The van der Waals surface area contributed by atoms with Gasteiger partial charge in [0.2, 0.25) is 0 Å². The van der Waals surface area contributed by atoms with E-state index >= 15 is 0 Å². The maximum absolute atomic E-state index is 12.3. The second-order valence-corrected chi connectivity index (χ2v) is 5.12. The normalized spacial score (nSPS) is 12.4. The Morgan fingerprint density at radius 3 is 2.52 bits per heavy atom. The Morgan fingerprint density at radius 2 is 1.90 bits per heavy atom. The molecule has 21 heavy (non-hydrogen) atoms. The summed E-state index contributed by atoms with van der Waals surface area (Å²) < 4.78 is 7.38. The van der Waals surface area contributed by atoms with Gasteiger partial charge in [-0.3, -0.25) is 0 Å². The number of ether oxygens (including phenoxy) is 1. The molecule has 0 bridgehead atoms. The molecule has 0 spiro atoms. The zero-order chi connectivity index (χ0) is 15.2. The van der Waals surface area contributed by atoms with Crippen LogP contribution in [0.1, 0.15) is 55.7 Å². The van der Waals surface area contributed by atoms with E-state index in [-0.39, 0.29) is 18.1 Å². The summed E-state index contributed by atoms with van der Waals surface area (Å²) in [5.41, 5.74) is 1.63. The molecule has 0 aliphatic heterocycles. The number of carbonyl (C=O) groups is 1. The molecular weight excluding hydrogens is 264 g/mol. The summed E-state index contributed by atoms with van der Waals surface area (Å²) in [6.07, 6.45) is 4.87. The van der Waals surface area contributed by atoms with Crippen molar-refractivity contribution in [3.63, 3.8) is 0 Å². The van der Waals surface area contributed by atoms with Crippen LogP contribution in [0.25, 0.3) is 0 Å². The second-order valence-electron chi connectivity index (χ2n) is 5.12. The van der Waals surface area contributed by atoms with Gasteiger partial charge in [-0.2, -0.15) is 0 Å². The standard InChI is InChI=1S/C17H22N2O2/c1-4-15(5-2)21-17(20)16-11-18-12-19(16)13(3)14-9-7-6-8-10-14/h6-13,15H,4-5H2,1-3H3/t13-/m1/s1. The Hall–Kier alpha value is -2.10. The molecule has 2 aromatic rings. The Bertz CT molecular complexity index is 573. The topological polar surface area (TPSA) is 44.1 Å². The molecule has 0 aliphatic carbocycles. The monoisotopic (exact) mass is 286 g/mol. The highest BCUT2D eigenvalue weighted by molar-refractivity contribution is 5.87. The summed E-state index contributed by atoms with van der Waals surface area (Å²) in [6, 6.07) is 10.1. The van der Waals surface area contributed by atoms with Crippen molar-refractivity contribution in [3.8, 4) is 0 Å². The van der Waals surface area contributed by atoms with Gasteiger partial charge in [-0.15, -0.1) is 0 Å². The van der Waals surface area contributed by atoms with E-state index in [0.29, 0.717) is 5.69 Å². The van der Waals surface area contributed by atoms with E-state index in [1.54, 1.807) is 12.5 Å². The largest absolute Gasteiger partial charge is 0.458 e. The van der Waals surface area contributed by atoms with E-state index in [9.17, 15) is 4.79 Å². The van der Waals surface area contributed by atoms with Crippen LogP contribution < -0.4 is 0 Å². The number of aromatic nitrogens is 2. The molecule has 0 saturated heterocycles. The van der Waals surface area contributed by atoms with Gasteiger partial charge in [-0.25, -0.2) is 9.78 Å². The Balaban J connectivity index is 2.20. The first kappa shape index (κ1) is 15.3. The van der Waals surface area contributed by atoms with Crippen LogP contribution in [-0.4, -0.2) is 21.6 Å². The van der Waals surface area contributed by atoms with Crippen molar-refractivity contribution in [3.05, 3.63) is 54.1 Å². The van der Waals surface area contributed by atoms with Gasteiger partial charge in [0.25, 0.3) is 0 Å². The van der Waals surface area contributed by atoms with Crippen molar-refractivity contribution in [2.75, 3.05) is 0 Å². The highest BCUT2D eigenvalue weighted by Gasteiger charge is 2.20. The lowest BCUT2D eigenvalue weighted by Gasteiger charge is -2.18. The lowest BCUT2D eigenvalue weighted by atomic mass is 10.1. The van der Waals surface area contributed by atoms with Crippen molar-refractivity contribution in [2.24, 2.45) is 0 Å². The number of hydrogen-bond donors (Lipinski definition) is 0. The molecule has 0 N–H and O–H groups in total. The SMILES string of the molecule is CCC(CC)OC(=O)c1cncn1[C@H](C)c1ccccc1. The van der Waals surface area contributed by atoms with E-state index in [0.717, 1.165) is 18.4 Å². The molecule has 0 radical (unpaired) electrons. The minimum Gasteiger partial charge on any atom is -0.458 e. The van der Waals surface area contributed by atoms with Gasteiger partial charge in [-0.05, 0) is 25.3 Å². The molecule has 1 atom stereocenters. The molecule has 112 valence electrons. The van der Waals surface area contributed by atoms with Crippen molar-refractivity contribution in [1.29, 1.82) is 0 Å². The fourth-order valence-corrected chi connectivity index (χ4v) is 2.33. The molecule has 0 unspecified atom stereocenters. The summed E-state index contributed by atoms with van der Waals surface area (Å²) in [6.45, 7) is 6.08. The lowest BCUT2D eigenvalue weighted by molar-refractivity contribution is 0.0271. The number of imidazole rings is 1. The molecule has 0 amide bonds. The Labute approximate surface area is 125 Å². The maximum atomic E-state index is 12.3. The molecule has 2 rings (SSSR count). The van der Waals surface area contributed by atoms with Crippen LogP contribution in [0.4, 0.5) is 0 Å². The Morgan fingerprint density at radius 1 is 1.24 bits per heavy atom. The Kier molecular flexibility index (Phi) is 5.14. The summed E-state index contributed by atoms with van der Waals surface area (Å²) >= 11 is 0. The third-order valence-electron chi connectivity index (χ3n) is 3.76. The van der Waals surface area contributed by atoms with Crippen LogP contribution in [0.5, 0.6) is 0 Å². The predicted molar refractivity (Wildman–Crippen MR) is 82.3 cm³/mol. The number of hydrogen-bond acceptors (Lipinski definition) is 3. The third kappa shape index (κ3) is 3.51. The van der Waals surface area contributed by atoms with Gasteiger partial charge in [0, 0.05) is 0 Å². The lowest BCUT2D eigenvalue weighted by Crippen LogP contribution is -2.20. The molecule has 1 aromatic heterocycles. The van der Waals surface area contributed by atoms with Crippen LogP contribution in [0.2, 0.25) is 0 Å². The van der Waals surface area contributed by atoms with Crippen molar-refractivity contribution in [1.82, 2.24) is 9.55 Å². The molecule has 0 aliphatic rings. The first-order chi connectivity index (χ1) is 10.2. The van der Waals surface area contributed by atoms with E-state index in [4.69, 9.17) is 4.74 Å². The highest BCUT2D eigenvalue weighted by Crippen LogP contribution is 2.20. The van der Waals surface area contributed by atoms with Crippen molar-refractivity contribution in [2.45, 2.75) is 45.8 Å². The molecular formula is C17H22N2O2. The third-order valence-corrected chi connectivity index (χ3v) is 3.76. The summed E-state index contributed by atoms with van der Waals surface area (Å²) in [4.78, 5) is 16.4. The number of benzene rings is 1. The first-order valence-electron chi connectivity index (χ1n) is 7.45. The van der Waals surface area contributed by atoms with E-state index in [1.165, 1.54) is 0 Å². The van der Waals surface area contributed by atoms with Crippen molar-refractivity contribution >= 4 is 5.97 Å². The van der Waals surface area contributed by atoms with E-state index in [2.05, 4.69) is 4.98 Å². The zero-order valence-electron chi connectivity index (χ0n) is 12.8. The van der Waals surface area contributed by atoms with Gasteiger partial charge in [0.05, 0.1) is 18.6 Å². The van der Waals surface area contributed by atoms with Gasteiger partial charge < -0.3 is 9.30 Å². The summed E-state index contributed by atoms with van der Waals surface area (Å²) in [5.74, 6) is -0.302. The minimum absolute atomic E-state index is 0.0344. The second kappa shape index (κ2) is 7.07. The van der Waals surface area contributed by atoms with Gasteiger partial charge in [0.1, 0.15) is 11.8 Å². The van der Waals surface area contributed by atoms with E-state index in [1.807, 2.05) is 55.7 Å². The summed E-state index contributed by atoms with van der Waals surface area (Å²) in [7, 11) is 0. The number of esters is 1. The smallest absolute Gasteiger partial charge is 0.356 e. The summed E-state index contributed by atoms with van der Waals surface area (Å²) in [5, 5.41) is 0. The van der Waals surface area contributed by atoms with Gasteiger partial charge in [0.15, 0.2) is 0 Å². The molecule has 0 saturated carbocycles. The van der Waals surface area contributed by atoms with Gasteiger partial charge >= 0.3 is 5.97 Å².